The Morgan fingerprint density at radius 1 is 0.955 bits per heavy atom. The van der Waals surface area contributed by atoms with Crippen LogP contribution in [0.1, 0.15) is 31.2 Å². The molecule has 3 rings (SSSR count). The van der Waals surface area contributed by atoms with Gasteiger partial charge in [-0.15, -0.1) is 0 Å². The van der Waals surface area contributed by atoms with Gasteiger partial charge >= 0.3 is 0 Å². The standard InChI is InChI=1S/C15H22F2N3OP/c16-14-6-5-7-15(17)13(14)12-18-22(21,19-8-1-2-9-19)20-10-3-4-11-20/h5-7H,1-4,8-12H2,(H,18,21). The van der Waals surface area contributed by atoms with Crippen molar-refractivity contribution in [3.63, 3.8) is 0 Å². The third-order valence-electron chi connectivity index (χ3n) is 4.46. The van der Waals surface area contributed by atoms with Crippen molar-refractivity contribution < 1.29 is 13.3 Å². The predicted molar refractivity (Wildman–Crippen MR) is 82.4 cm³/mol. The minimum Gasteiger partial charge on any atom is -0.270 e. The maximum atomic E-state index is 13.8. The molecule has 2 fully saturated rings. The molecule has 2 aliphatic rings. The van der Waals surface area contributed by atoms with Gasteiger partial charge in [-0.3, -0.25) is 4.57 Å². The zero-order chi connectivity index (χ0) is 15.6. The molecule has 22 heavy (non-hydrogen) atoms. The summed E-state index contributed by atoms with van der Waals surface area (Å²) >= 11 is 0. The molecule has 0 spiro atoms. The van der Waals surface area contributed by atoms with Gasteiger partial charge in [0.05, 0.1) is 0 Å². The first-order chi connectivity index (χ1) is 10.6. The predicted octanol–water partition coefficient (Wildman–Crippen LogP) is 3.35. The van der Waals surface area contributed by atoms with Crippen molar-refractivity contribution >= 4 is 7.59 Å². The molecule has 4 nitrogen and oxygen atoms in total. The van der Waals surface area contributed by atoms with E-state index < -0.39 is 19.2 Å². The number of hydrogen-bond donors (Lipinski definition) is 1. The summed E-state index contributed by atoms with van der Waals surface area (Å²) in [6, 6.07) is 3.81. The lowest BCUT2D eigenvalue weighted by Gasteiger charge is -2.35. The average Bonchev–Trinajstić information content (AvgIpc) is 3.20. The van der Waals surface area contributed by atoms with Crippen molar-refractivity contribution in [2.75, 3.05) is 26.2 Å². The summed E-state index contributed by atoms with van der Waals surface area (Å²) in [4.78, 5) is 0. The van der Waals surface area contributed by atoms with Crippen molar-refractivity contribution in [1.29, 1.82) is 0 Å². The van der Waals surface area contributed by atoms with Crippen LogP contribution in [-0.2, 0) is 11.1 Å². The van der Waals surface area contributed by atoms with E-state index in [4.69, 9.17) is 0 Å². The quantitative estimate of drug-likeness (QED) is 0.841. The molecule has 0 unspecified atom stereocenters. The van der Waals surface area contributed by atoms with Gasteiger partial charge in [0.2, 0.25) is 0 Å². The van der Waals surface area contributed by atoms with E-state index in [1.165, 1.54) is 18.2 Å². The number of nitrogens with one attached hydrogen (secondary N) is 1. The van der Waals surface area contributed by atoms with E-state index >= 15 is 0 Å². The molecule has 2 saturated heterocycles. The highest BCUT2D eigenvalue weighted by atomic mass is 31.2. The van der Waals surface area contributed by atoms with E-state index in [0.29, 0.717) is 0 Å². The topological polar surface area (TPSA) is 35.6 Å². The molecule has 2 aliphatic heterocycles. The van der Waals surface area contributed by atoms with Gasteiger partial charge in [0.1, 0.15) is 11.6 Å². The Kier molecular flexibility index (Phi) is 4.93. The number of rotatable bonds is 5. The van der Waals surface area contributed by atoms with Crippen molar-refractivity contribution in [2.45, 2.75) is 32.2 Å². The Labute approximate surface area is 130 Å². The second-order valence-corrected chi connectivity index (χ2v) is 8.44. The second-order valence-electron chi connectivity index (χ2n) is 5.90. The SMILES string of the molecule is O=P(NCc1c(F)cccc1F)(N1CCCC1)N1CCCC1. The minimum atomic E-state index is -2.94. The molecule has 0 atom stereocenters. The van der Waals surface area contributed by atoms with E-state index in [1.54, 1.807) is 0 Å². The van der Waals surface area contributed by atoms with Gasteiger partial charge in [0.15, 0.2) is 0 Å². The zero-order valence-electron chi connectivity index (χ0n) is 12.6. The molecule has 122 valence electrons. The maximum absolute atomic E-state index is 13.8. The molecule has 2 heterocycles. The molecular weight excluding hydrogens is 307 g/mol. The summed E-state index contributed by atoms with van der Waals surface area (Å²) in [7, 11) is -2.94. The van der Waals surface area contributed by atoms with Crippen molar-refractivity contribution in [1.82, 2.24) is 14.4 Å². The van der Waals surface area contributed by atoms with Gasteiger partial charge in [-0.2, -0.15) is 0 Å². The Balaban J connectivity index is 1.79. The van der Waals surface area contributed by atoms with Crippen molar-refractivity contribution in [3.8, 4) is 0 Å². The summed E-state index contributed by atoms with van der Waals surface area (Å²) in [5.41, 5.74) is -0.0406. The van der Waals surface area contributed by atoms with Gasteiger partial charge in [0, 0.05) is 38.3 Å². The lowest BCUT2D eigenvalue weighted by molar-refractivity contribution is 0.378. The van der Waals surface area contributed by atoms with Crippen LogP contribution in [0.4, 0.5) is 8.78 Å². The first kappa shape index (κ1) is 16.1. The third-order valence-corrected chi connectivity index (χ3v) is 7.36. The molecule has 0 amide bonds. The lowest BCUT2D eigenvalue weighted by atomic mass is 10.2. The summed E-state index contributed by atoms with van der Waals surface area (Å²) in [6.07, 6.45) is 4.09. The fourth-order valence-electron chi connectivity index (χ4n) is 3.21. The Morgan fingerprint density at radius 2 is 1.41 bits per heavy atom. The van der Waals surface area contributed by atoms with Crippen LogP contribution in [0.25, 0.3) is 0 Å². The second kappa shape index (κ2) is 6.75. The van der Waals surface area contributed by atoms with E-state index in [-0.39, 0.29) is 12.1 Å². The third kappa shape index (κ3) is 3.11. The first-order valence-electron chi connectivity index (χ1n) is 7.90. The summed E-state index contributed by atoms with van der Waals surface area (Å²) in [5.74, 6) is -1.19. The van der Waals surface area contributed by atoms with E-state index in [0.717, 1.165) is 51.9 Å². The van der Waals surface area contributed by atoms with Crippen molar-refractivity contribution in [2.24, 2.45) is 0 Å². The van der Waals surface area contributed by atoms with Gasteiger partial charge in [-0.25, -0.2) is 23.2 Å². The molecule has 7 heteroatoms. The number of halogens is 2. The van der Waals surface area contributed by atoms with Crippen LogP contribution in [0.5, 0.6) is 0 Å². The highest BCUT2D eigenvalue weighted by molar-refractivity contribution is 7.57. The largest absolute Gasteiger partial charge is 0.284 e. The summed E-state index contributed by atoms with van der Waals surface area (Å²) < 4.78 is 45.0. The molecular formula is C15H22F2N3OP. The fraction of sp³-hybridized carbons (Fsp3) is 0.600. The van der Waals surface area contributed by atoms with E-state index in [9.17, 15) is 13.3 Å². The van der Waals surface area contributed by atoms with Crippen LogP contribution < -0.4 is 5.09 Å². The van der Waals surface area contributed by atoms with Crippen LogP contribution in [0.3, 0.4) is 0 Å². The average molecular weight is 329 g/mol. The van der Waals surface area contributed by atoms with E-state index in [2.05, 4.69) is 5.09 Å². The molecule has 1 aromatic carbocycles. The molecule has 1 aromatic rings. The molecule has 0 saturated carbocycles. The van der Waals surface area contributed by atoms with Gasteiger partial charge in [-0.1, -0.05) is 6.07 Å². The lowest BCUT2D eigenvalue weighted by Crippen LogP contribution is -2.36. The zero-order valence-corrected chi connectivity index (χ0v) is 13.5. The molecule has 0 bridgehead atoms. The Hall–Kier alpha value is -0.810. The molecule has 0 aromatic heterocycles. The molecule has 0 aliphatic carbocycles. The van der Waals surface area contributed by atoms with Crippen LogP contribution in [0.15, 0.2) is 18.2 Å². The maximum Gasteiger partial charge on any atom is 0.284 e. The highest BCUT2D eigenvalue weighted by Crippen LogP contribution is 2.52. The summed E-state index contributed by atoms with van der Waals surface area (Å²) in [5, 5.41) is 3.01. The normalized spacial score (nSPS) is 20.8. The summed E-state index contributed by atoms with van der Waals surface area (Å²) in [6.45, 7) is 3.06. The van der Waals surface area contributed by atoms with Crippen LogP contribution in [0, 0.1) is 11.6 Å². The smallest absolute Gasteiger partial charge is 0.270 e. The minimum absolute atomic E-state index is 0.0406. The van der Waals surface area contributed by atoms with E-state index in [1.807, 2.05) is 9.34 Å². The molecule has 0 radical (unpaired) electrons. The molecule has 1 N–H and O–H groups in total. The highest BCUT2D eigenvalue weighted by Gasteiger charge is 2.39. The number of hydrogen-bond acceptors (Lipinski definition) is 1. The number of benzene rings is 1. The number of nitrogens with zero attached hydrogens (tertiary/aromatic N) is 2. The van der Waals surface area contributed by atoms with Crippen LogP contribution in [0.2, 0.25) is 0 Å². The van der Waals surface area contributed by atoms with Gasteiger partial charge < -0.3 is 0 Å². The monoisotopic (exact) mass is 329 g/mol. The Bertz CT molecular complexity index is 532. The van der Waals surface area contributed by atoms with Gasteiger partial charge in [0.25, 0.3) is 7.59 Å². The van der Waals surface area contributed by atoms with Crippen LogP contribution in [-0.4, -0.2) is 35.5 Å². The van der Waals surface area contributed by atoms with Crippen molar-refractivity contribution in [3.05, 3.63) is 35.4 Å². The Morgan fingerprint density at radius 3 is 1.86 bits per heavy atom. The van der Waals surface area contributed by atoms with Gasteiger partial charge in [-0.05, 0) is 37.8 Å². The fourth-order valence-corrected chi connectivity index (χ4v) is 5.98. The first-order valence-corrected chi connectivity index (χ1v) is 9.51. The van der Waals surface area contributed by atoms with Crippen LogP contribution >= 0.6 is 7.59 Å².